The van der Waals surface area contributed by atoms with Crippen LogP contribution in [0.2, 0.25) is 17.3 Å². The number of likely N-dealkylation sites (N-methyl/N-ethyl adjacent to an activating group) is 1. The van der Waals surface area contributed by atoms with Gasteiger partial charge in [0.2, 0.25) is 0 Å². The molecule has 142 heavy (non-hydrogen) atoms. The van der Waals surface area contributed by atoms with Crippen molar-refractivity contribution in [2.75, 3.05) is 89.9 Å². The van der Waals surface area contributed by atoms with Crippen molar-refractivity contribution in [3.05, 3.63) is 294 Å². The van der Waals surface area contributed by atoms with E-state index < -0.39 is 109 Å². The largest absolute Gasteiger partial charge is 0.387 e. The molecule has 0 atom stereocenters. The smallest absolute Gasteiger partial charge is 0.334 e. The molecule has 8 amide bonds. The van der Waals surface area contributed by atoms with Gasteiger partial charge < -0.3 is 67.4 Å². The highest BCUT2D eigenvalue weighted by atomic mass is 79.9. The highest BCUT2D eigenvalue weighted by Gasteiger charge is 2.28. The van der Waals surface area contributed by atoms with Crippen molar-refractivity contribution in [2.45, 2.75) is 43.0 Å². The molecule has 16 aromatic rings. The summed E-state index contributed by atoms with van der Waals surface area (Å²) in [5.74, 6) is 0.762. The van der Waals surface area contributed by atoms with E-state index in [1.54, 1.807) is 73.8 Å². The highest BCUT2D eigenvalue weighted by molar-refractivity contribution is 9.10. The van der Waals surface area contributed by atoms with Crippen LogP contribution in [0.4, 0.5) is 64.7 Å². The molecule has 17 rings (SSSR count). The van der Waals surface area contributed by atoms with E-state index in [4.69, 9.17) is 46.4 Å². The molecule has 12 heterocycles. The third-order valence-corrected chi connectivity index (χ3v) is 32.7. The standard InChI is InChI=1S/C22H22ClN7O5S2.C22H19ClN6O5S2.C21H19ClN6O5S2.C19H14BrClN6O5S2/c1-29(2)10-9-24-13-3-5-15-16(11-13)27-22(33)30(20(15)31)18-7-4-14(12-25-18)26-21(32)28-37(34,35)19-8-6-17(23)36-19;23-17-6-8-19(35-17)36(33,34)28-21(31)26-14-4-7-18(25-11-14)29-20(30)15-5-3-13(24-10-12-1-2-12)9-16(15)27-22(29)32;1-2-9-23-12-3-5-14-15(10-12)26-21(31)28(19(14)29)17-7-4-13(11-24-17)25-20(30)27-35(32,33)18-8-6-16(22)34-18;1-22-13-7-12-10(6-11(13)20)17(28)27(19(30)25-12)15-4-2-9(8-23-15)24-18(29)26-34(31,32)16-5-3-14(21)33-16/h3-8,11-12,24H,9-10H2,1-2H3,(H,27,33)(H2,26,28,32);3-9,11-12,24H,1-2,10H2,(H,27,32)(H2,26,28,31);3-8,10-11,23H,2,9H2,1H3,(H,26,31)(H2,25,27,30);2-8,22H,1H3,(H,25,30)(H2,24,26,29). The third kappa shape index (κ3) is 25.5. The van der Waals surface area contributed by atoms with Gasteiger partial charge in [-0.25, -0.2) is 129 Å². The fourth-order valence-corrected chi connectivity index (χ4v) is 23.1. The molecule has 0 aliphatic heterocycles. The molecule has 738 valence electrons. The van der Waals surface area contributed by atoms with Crippen molar-refractivity contribution in [2.24, 2.45) is 5.92 Å². The van der Waals surface area contributed by atoms with Gasteiger partial charge in [-0.3, -0.25) is 19.2 Å². The van der Waals surface area contributed by atoms with Crippen molar-refractivity contribution in [1.82, 2.24) is 81.9 Å². The van der Waals surface area contributed by atoms with Gasteiger partial charge in [0.05, 0.1) is 114 Å². The number of urea groups is 4. The number of nitrogens with one attached hydrogen (secondary N) is 16. The Hall–Kier alpha value is -14.3. The Morgan fingerprint density at radius 1 is 0.387 bits per heavy atom. The molecule has 0 radical (unpaired) electrons. The van der Waals surface area contributed by atoms with Crippen LogP contribution in [0, 0.1) is 5.92 Å². The molecule has 0 saturated heterocycles. The summed E-state index contributed by atoms with van der Waals surface area (Å²) < 4.78 is 110. The number of aromatic nitrogens is 12. The highest BCUT2D eigenvalue weighted by Crippen LogP contribution is 2.33. The van der Waals surface area contributed by atoms with Crippen LogP contribution < -0.4 is 106 Å². The summed E-state index contributed by atoms with van der Waals surface area (Å²) in [6.07, 6.45) is 8.10. The summed E-state index contributed by atoms with van der Waals surface area (Å²) in [5.41, 5.74) is 0.142. The number of hydrogen-bond donors (Lipinski definition) is 16. The van der Waals surface area contributed by atoms with E-state index in [9.17, 15) is 91.2 Å². The van der Waals surface area contributed by atoms with Gasteiger partial charge in [-0.05, 0) is 219 Å². The molecule has 58 heteroatoms. The lowest BCUT2D eigenvalue weighted by atomic mass is 10.2. The van der Waals surface area contributed by atoms with Crippen LogP contribution in [0.15, 0.2) is 248 Å². The molecule has 0 unspecified atom stereocenters. The topological polar surface area (TPSA) is 623 Å². The van der Waals surface area contributed by atoms with Gasteiger partial charge in [0, 0.05) is 54.8 Å². The number of sulfonamides is 4. The van der Waals surface area contributed by atoms with Gasteiger partial charge in [-0.1, -0.05) is 53.3 Å². The van der Waals surface area contributed by atoms with E-state index in [1.165, 1.54) is 135 Å². The first-order valence-corrected chi connectivity index (χ1v) is 52.6. The average Bonchev–Trinajstić information content (AvgIpc) is 1.12. The monoisotopic (exact) mass is 2230 g/mol. The zero-order chi connectivity index (χ0) is 102. The average molecular weight is 2230 g/mol. The second-order valence-electron chi connectivity index (χ2n) is 30.3. The van der Waals surface area contributed by atoms with Gasteiger partial charge in [0.1, 0.15) is 40.1 Å². The number of fused-ring (bicyclic) bond motifs is 4. The number of pyridine rings is 4. The molecule has 0 spiro atoms. The van der Waals surface area contributed by atoms with Crippen molar-refractivity contribution < 1.29 is 52.8 Å². The van der Waals surface area contributed by atoms with E-state index in [2.05, 4.69) is 98.3 Å². The van der Waals surface area contributed by atoms with E-state index in [0.29, 0.717) is 60.8 Å². The molecule has 1 aliphatic rings. The predicted molar refractivity (Wildman–Crippen MR) is 551 cm³/mol. The number of thiophene rings is 4. The Labute approximate surface area is 844 Å². The lowest BCUT2D eigenvalue weighted by Crippen LogP contribution is -2.35. The molecule has 1 fully saturated rings. The fourth-order valence-electron chi connectivity index (χ4n) is 13.0. The maximum atomic E-state index is 13.0. The zero-order valence-corrected chi connectivity index (χ0v) is 84.4. The maximum absolute atomic E-state index is 13.0. The number of nitrogens with zero attached hydrogens (tertiary/aromatic N) is 9. The van der Waals surface area contributed by atoms with Crippen LogP contribution in [-0.2, 0) is 40.1 Å². The van der Waals surface area contributed by atoms with Crippen LogP contribution in [0.25, 0.3) is 66.9 Å². The lowest BCUT2D eigenvalue weighted by Gasteiger charge is -2.12. The Balaban J connectivity index is 0.000000150. The van der Waals surface area contributed by atoms with Crippen LogP contribution in [0.5, 0.6) is 0 Å². The van der Waals surface area contributed by atoms with Gasteiger partial charge in [-0.15, -0.1) is 45.3 Å². The summed E-state index contributed by atoms with van der Waals surface area (Å²) >= 11 is 29.6. The van der Waals surface area contributed by atoms with E-state index in [-0.39, 0.29) is 85.6 Å². The van der Waals surface area contributed by atoms with Gasteiger partial charge >= 0.3 is 46.9 Å². The SMILES string of the molecule is CCCNc1ccc2c(=O)n(-c3ccc(NC(=O)NS(=O)(=O)c4ccc(Cl)s4)cn3)c(=O)[nH]c2c1.CN(C)CCNc1ccc2c(=O)n(-c3ccc(NC(=O)NS(=O)(=O)c4ccc(Cl)s4)cn3)c(=O)[nH]c2c1.CNc1cc2[nH]c(=O)n(-c3ccc(NC(=O)NS(=O)(=O)c4ccc(Cl)s4)cn3)c(=O)c2cc1Br.O=C(Nc1ccc(-n2c(=O)[nH]c3cc(NCC4CC4)ccc3c2=O)nc1)NS(=O)(=O)c1ccc(Cl)s1. The quantitative estimate of drug-likeness (QED) is 0.0227. The first-order chi connectivity index (χ1) is 67.5. The maximum Gasteiger partial charge on any atom is 0.334 e. The second-order valence-corrected chi connectivity index (χ2v) is 45.6. The van der Waals surface area contributed by atoms with Crippen LogP contribution >= 0.6 is 108 Å². The Bertz CT molecular complexity index is 8640. The first kappa shape index (κ1) is 104. The van der Waals surface area contributed by atoms with Crippen molar-refractivity contribution in [3.8, 4) is 23.3 Å². The summed E-state index contributed by atoms with van der Waals surface area (Å²) in [5, 5.41) is 23.2. The molecule has 1 saturated carbocycles. The van der Waals surface area contributed by atoms with E-state index >= 15 is 0 Å². The fraction of sp³-hybridized carbons (Fsp3) is 0.143. The number of anilines is 8. The van der Waals surface area contributed by atoms with E-state index in [1.807, 2.05) is 44.8 Å². The Kier molecular flexibility index (Phi) is 32.3. The zero-order valence-electron chi connectivity index (χ0n) is 73.3. The normalized spacial score (nSPS) is 12.0. The first-order valence-electron chi connectivity index (χ1n) is 41.1. The second kappa shape index (κ2) is 44.3. The molecule has 1 aliphatic carbocycles. The molecule has 0 bridgehead atoms. The number of carbonyl (C=O) groups excluding carboxylic acids is 4. The summed E-state index contributed by atoms with van der Waals surface area (Å²) in [7, 11) is -10.8. The van der Waals surface area contributed by atoms with E-state index in [0.717, 1.165) is 107 Å². The molecule has 4 aromatic carbocycles. The molecular weight excluding hydrogens is 2160 g/mol. The third-order valence-electron chi connectivity index (χ3n) is 19.8. The van der Waals surface area contributed by atoms with Gasteiger partial charge in [-0.2, -0.15) is 0 Å². The Morgan fingerprint density at radius 2 is 0.669 bits per heavy atom. The number of amides is 8. The van der Waals surface area contributed by atoms with Crippen molar-refractivity contribution in [1.29, 1.82) is 0 Å². The van der Waals surface area contributed by atoms with Crippen LogP contribution in [-0.4, -0.2) is 168 Å². The number of aromatic amines is 4. The van der Waals surface area contributed by atoms with Crippen LogP contribution in [0.3, 0.4) is 0 Å². The predicted octanol–water partition coefficient (Wildman–Crippen LogP) is 11.6. The van der Waals surface area contributed by atoms with Crippen molar-refractivity contribution in [3.63, 3.8) is 0 Å². The molecular formula is C84H74BrCl4N25O20S8. The number of hydrogen-bond acceptors (Lipinski definition) is 33. The minimum Gasteiger partial charge on any atom is -0.387 e. The number of carbonyl (C=O) groups is 4. The molecule has 16 N–H and O–H groups in total. The summed E-state index contributed by atoms with van der Waals surface area (Å²) in [6.45, 7) is 5.13. The number of rotatable bonds is 27. The van der Waals surface area contributed by atoms with Crippen molar-refractivity contribution >= 4 is 261 Å². The Morgan fingerprint density at radius 3 is 0.930 bits per heavy atom. The van der Waals surface area contributed by atoms with Gasteiger partial charge in [0.25, 0.3) is 62.3 Å². The van der Waals surface area contributed by atoms with Gasteiger partial charge in [0.15, 0.2) is 0 Å². The number of halogens is 5. The summed E-state index contributed by atoms with van der Waals surface area (Å²) in [4.78, 5) is 180. The summed E-state index contributed by atoms with van der Waals surface area (Å²) in [6, 6.07) is 36.0. The number of benzene rings is 4. The lowest BCUT2D eigenvalue weighted by molar-refractivity contribution is 0.255. The minimum atomic E-state index is -4.10. The number of H-pyrrole nitrogens is 4. The molecule has 45 nitrogen and oxygen atoms in total. The van der Waals surface area contributed by atoms with Crippen LogP contribution in [0.1, 0.15) is 26.2 Å². The minimum absolute atomic E-state index is 0.00812. The molecule has 12 aromatic heterocycles.